The van der Waals surface area contributed by atoms with Crippen molar-refractivity contribution in [2.45, 2.75) is 19.8 Å². The minimum Gasteiger partial charge on any atom is -0.494 e. The van der Waals surface area contributed by atoms with Crippen molar-refractivity contribution in [2.24, 2.45) is 0 Å². The zero-order chi connectivity index (χ0) is 17.5. The van der Waals surface area contributed by atoms with Gasteiger partial charge in [-0.05, 0) is 48.8 Å². The topological polar surface area (TPSA) is 46.2 Å². The molecule has 1 heterocycles. The van der Waals surface area contributed by atoms with Crippen LogP contribution in [-0.4, -0.2) is 23.8 Å². The molecule has 0 radical (unpaired) electrons. The Morgan fingerprint density at radius 1 is 1.29 bits per heavy atom. The van der Waals surface area contributed by atoms with Gasteiger partial charge in [0.2, 0.25) is 0 Å². The smallest absolute Gasteiger partial charge is 0.171 e. The number of methoxy groups -OCH3 is 1. The normalized spacial score (nSPS) is 10.3. The molecule has 24 heavy (non-hydrogen) atoms. The second-order valence-corrected chi connectivity index (χ2v) is 5.45. The van der Waals surface area contributed by atoms with E-state index in [0.717, 1.165) is 12.0 Å². The van der Waals surface area contributed by atoms with E-state index >= 15 is 0 Å². The van der Waals surface area contributed by atoms with Crippen LogP contribution in [0.15, 0.2) is 30.5 Å². The first kappa shape index (κ1) is 18.1. The molecule has 0 aliphatic carbocycles. The summed E-state index contributed by atoms with van der Waals surface area (Å²) >= 11 is 5.20. The van der Waals surface area contributed by atoms with Gasteiger partial charge in [0.15, 0.2) is 16.7 Å². The van der Waals surface area contributed by atoms with Crippen LogP contribution < -0.4 is 15.4 Å². The second kappa shape index (κ2) is 8.54. The Hall–Kier alpha value is -2.28. The van der Waals surface area contributed by atoms with Gasteiger partial charge < -0.3 is 15.4 Å². The van der Waals surface area contributed by atoms with Crippen LogP contribution in [0.2, 0.25) is 0 Å². The predicted octanol–water partition coefficient (Wildman–Crippen LogP) is 3.46. The second-order valence-electron chi connectivity index (χ2n) is 5.04. The highest BCUT2D eigenvalue weighted by Gasteiger charge is 2.14. The Kier molecular flexibility index (Phi) is 6.43. The average molecular weight is 351 g/mol. The molecule has 7 heteroatoms. The van der Waals surface area contributed by atoms with Crippen molar-refractivity contribution in [2.75, 3.05) is 19.0 Å². The fourth-order valence-corrected chi connectivity index (χ4v) is 2.45. The lowest BCUT2D eigenvalue weighted by atomic mass is 10.1. The largest absolute Gasteiger partial charge is 0.494 e. The lowest BCUT2D eigenvalue weighted by Crippen LogP contribution is -2.31. The third-order valence-corrected chi connectivity index (χ3v) is 3.78. The van der Waals surface area contributed by atoms with Crippen molar-refractivity contribution in [1.29, 1.82) is 0 Å². The van der Waals surface area contributed by atoms with Gasteiger partial charge in [0.1, 0.15) is 11.6 Å². The van der Waals surface area contributed by atoms with E-state index in [4.69, 9.17) is 17.0 Å². The standard InChI is InChI=1S/C17H19F2N3OS/c1-3-11-5-4-9-20-16(11)22-17(24)21-10-8-12-13(18)6-7-14(23-2)15(12)19/h4-7,9H,3,8,10H2,1-2H3,(H2,20,21,22,24). The van der Waals surface area contributed by atoms with Crippen molar-refractivity contribution in [3.63, 3.8) is 0 Å². The van der Waals surface area contributed by atoms with Gasteiger partial charge in [-0.2, -0.15) is 0 Å². The maximum Gasteiger partial charge on any atom is 0.171 e. The summed E-state index contributed by atoms with van der Waals surface area (Å²) in [6.07, 6.45) is 2.63. The summed E-state index contributed by atoms with van der Waals surface area (Å²) in [7, 11) is 1.34. The molecule has 2 aromatic rings. The van der Waals surface area contributed by atoms with Crippen molar-refractivity contribution >= 4 is 23.1 Å². The number of nitrogens with zero attached hydrogens (tertiary/aromatic N) is 1. The van der Waals surface area contributed by atoms with E-state index in [1.54, 1.807) is 6.20 Å². The lowest BCUT2D eigenvalue weighted by Gasteiger charge is -2.13. The molecule has 0 amide bonds. The fourth-order valence-electron chi connectivity index (χ4n) is 2.25. The molecule has 0 aliphatic heterocycles. The van der Waals surface area contributed by atoms with Crippen molar-refractivity contribution in [3.8, 4) is 5.75 Å². The molecule has 0 atom stereocenters. The van der Waals surface area contributed by atoms with Gasteiger partial charge >= 0.3 is 0 Å². The third kappa shape index (κ3) is 4.38. The molecule has 1 aromatic carbocycles. The number of aryl methyl sites for hydroxylation is 1. The number of rotatable bonds is 6. The number of aromatic nitrogens is 1. The number of ether oxygens (including phenoxy) is 1. The van der Waals surface area contributed by atoms with E-state index in [-0.39, 0.29) is 24.3 Å². The number of hydrogen-bond donors (Lipinski definition) is 2. The number of pyridine rings is 1. The Morgan fingerprint density at radius 2 is 2.08 bits per heavy atom. The van der Waals surface area contributed by atoms with Crippen LogP contribution in [-0.2, 0) is 12.8 Å². The molecule has 2 rings (SSSR count). The molecule has 2 N–H and O–H groups in total. The van der Waals surface area contributed by atoms with E-state index in [0.29, 0.717) is 10.9 Å². The summed E-state index contributed by atoms with van der Waals surface area (Å²) in [6.45, 7) is 2.30. The molecule has 0 aliphatic rings. The van der Waals surface area contributed by atoms with Crippen LogP contribution in [0.4, 0.5) is 14.6 Å². The summed E-state index contributed by atoms with van der Waals surface area (Å²) < 4.78 is 32.7. The van der Waals surface area contributed by atoms with Gasteiger partial charge in [-0.1, -0.05) is 13.0 Å². The SMILES string of the molecule is CCc1cccnc1NC(=S)NCCc1c(F)ccc(OC)c1F. The van der Waals surface area contributed by atoms with E-state index in [1.165, 1.54) is 19.2 Å². The summed E-state index contributed by atoms with van der Waals surface area (Å²) in [5, 5.41) is 6.28. The first-order valence-corrected chi connectivity index (χ1v) is 7.97. The van der Waals surface area contributed by atoms with Gasteiger partial charge in [0, 0.05) is 18.3 Å². The van der Waals surface area contributed by atoms with Gasteiger partial charge in [0.05, 0.1) is 7.11 Å². The monoisotopic (exact) mass is 351 g/mol. The molecular formula is C17H19F2N3OS. The number of anilines is 1. The van der Waals surface area contributed by atoms with Crippen molar-refractivity contribution in [1.82, 2.24) is 10.3 Å². The molecule has 0 fully saturated rings. The third-order valence-electron chi connectivity index (χ3n) is 3.54. The maximum atomic E-state index is 14.1. The predicted molar refractivity (Wildman–Crippen MR) is 94.5 cm³/mol. The van der Waals surface area contributed by atoms with E-state index < -0.39 is 11.6 Å². The van der Waals surface area contributed by atoms with Gasteiger partial charge in [-0.25, -0.2) is 13.8 Å². The first-order valence-electron chi connectivity index (χ1n) is 7.56. The van der Waals surface area contributed by atoms with Crippen LogP contribution in [0.5, 0.6) is 5.75 Å². The van der Waals surface area contributed by atoms with Crippen LogP contribution in [0.25, 0.3) is 0 Å². The lowest BCUT2D eigenvalue weighted by molar-refractivity contribution is 0.380. The highest BCUT2D eigenvalue weighted by atomic mass is 32.1. The summed E-state index contributed by atoms with van der Waals surface area (Å²) in [4.78, 5) is 4.23. The van der Waals surface area contributed by atoms with E-state index in [2.05, 4.69) is 15.6 Å². The molecule has 4 nitrogen and oxygen atoms in total. The Bertz CT molecular complexity index is 725. The van der Waals surface area contributed by atoms with Crippen LogP contribution in [0, 0.1) is 11.6 Å². The molecule has 0 unspecified atom stereocenters. The fraction of sp³-hybridized carbons (Fsp3) is 0.294. The quantitative estimate of drug-likeness (QED) is 0.781. The highest BCUT2D eigenvalue weighted by molar-refractivity contribution is 7.80. The van der Waals surface area contributed by atoms with Crippen LogP contribution in [0.1, 0.15) is 18.1 Å². The molecule has 0 saturated heterocycles. The Labute approximate surface area is 145 Å². The minimum atomic E-state index is -0.684. The number of halogens is 2. The van der Waals surface area contributed by atoms with Gasteiger partial charge in [-0.15, -0.1) is 0 Å². The van der Waals surface area contributed by atoms with Crippen LogP contribution >= 0.6 is 12.2 Å². The number of hydrogen-bond acceptors (Lipinski definition) is 3. The number of benzene rings is 1. The minimum absolute atomic E-state index is 0.0215. The zero-order valence-corrected chi connectivity index (χ0v) is 14.3. The Balaban J connectivity index is 1.94. The molecule has 0 bridgehead atoms. The summed E-state index contributed by atoms with van der Waals surface area (Å²) in [5.41, 5.74) is 1.00. The summed E-state index contributed by atoms with van der Waals surface area (Å²) in [6, 6.07) is 6.27. The molecule has 1 aromatic heterocycles. The number of nitrogens with one attached hydrogen (secondary N) is 2. The molecule has 128 valence electrons. The number of thiocarbonyl (C=S) groups is 1. The zero-order valence-electron chi connectivity index (χ0n) is 13.5. The molecule has 0 saturated carbocycles. The van der Waals surface area contributed by atoms with E-state index in [1.807, 2.05) is 19.1 Å². The summed E-state index contributed by atoms with van der Waals surface area (Å²) in [5.74, 6) is -0.590. The van der Waals surface area contributed by atoms with E-state index in [9.17, 15) is 8.78 Å². The molecule has 0 spiro atoms. The van der Waals surface area contributed by atoms with Gasteiger partial charge in [0.25, 0.3) is 0 Å². The maximum absolute atomic E-state index is 14.1. The van der Waals surface area contributed by atoms with Crippen molar-refractivity contribution < 1.29 is 13.5 Å². The van der Waals surface area contributed by atoms with Gasteiger partial charge in [-0.3, -0.25) is 0 Å². The average Bonchev–Trinajstić information content (AvgIpc) is 2.58. The van der Waals surface area contributed by atoms with Crippen LogP contribution in [0.3, 0.4) is 0 Å². The highest BCUT2D eigenvalue weighted by Crippen LogP contribution is 2.23. The Morgan fingerprint density at radius 3 is 2.79 bits per heavy atom. The first-order chi connectivity index (χ1) is 11.6. The van der Waals surface area contributed by atoms with Crippen molar-refractivity contribution in [3.05, 3.63) is 53.2 Å². The molecular weight excluding hydrogens is 332 g/mol.